The molecular weight excluding hydrogens is 324 g/mol. The second-order valence-corrected chi connectivity index (χ2v) is 6.59. The van der Waals surface area contributed by atoms with Gasteiger partial charge in [-0.25, -0.2) is 0 Å². The van der Waals surface area contributed by atoms with Gasteiger partial charge in [-0.3, -0.25) is 9.78 Å². The molecule has 0 spiro atoms. The third kappa shape index (κ3) is 3.03. The zero-order chi connectivity index (χ0) is 17.9. The van der Waals surface area contributed by atoms with E-state index in [1.165, 1.54) is 0 Å². The third-order valence-electron chi connectivity index (χ3n) is 5.05. The second kappa shape index (κ2) is 7.16. The number of likely N-dealkylation sites (tertiary alicyclic amines) is 1. The smallest absolute Gasteiger partial charge is 0.247 e. The number of amides is 1. The first-order valence-corrected chi connectivity index (χ1v) is 9.17. The number of hydrogen-bond acceptors (Lipinski definition) is 3. The number of nitrogens with zero attached hydrogens (tertiary/aromatic N) is 2. The molecule has 3 heterocycles. The van der Waals surface area contributed by atoms with Crippen LogP contribution in [0, 0.1) is 0 Å². The average molecular weight is 346 g/mol. The highest BCUT2D eigenvalue weighted by Crippen LogP contribution is 2.32. The van der Waals surface area contributed by atoms with Gasteiger partial charge in [0.1, 0.15) is 11.3 Å². The van der Waals surface area contributed by atoms with Crippen LogP contribution >= 0.6 is 0 Å². The van der Waals surface area contributed by atoms with E-state index in [4.69, 9.17) is 4.42 Å². The number of pyridine rings is 1. The molecule has 4 heteroatoms. The molecule has 1 atom stereocenters. The zero-order valence-corrected chi connectivity index (χ0v) is 14.9. The minimum Gasteiger partial charge on any atom is -0.460 e. The molecule has 2 aromatic heterocycles. The molecule has 1 amide bonds. The normalized spacial score (nSPS) is 17.4. The van der Waals surface area contributed by atoms with Gasteiger partial charge in [-0.1, -0.05) is 25.1 Å². The van der Waals surface area contributed by atoms with E-state index in [1.54, 1.807) is 18.5 Å². The van der Waals surface area contributed by atoms with E-state index in [-0.39, 0.29) is 11.9 Å². The Balaban J connectivity index is 1.60. The summed E-state index contributed by atoms with van der Waals surface area (Å²) in [6, 6.07) is 12.1. The summed E-state index contributed by atoms with van der Waals surface area (Å²) in [7, 11) is 0. The van der Waals surface area contributed by atoms with Crippen LogP contribution in [0.5, 0.6) is 0 Å². The number of benzene rings is 1. The van der Waals surface area contributed by atoms with Gasteiger partial charge < -0.3 is 9.32 Å². The molecule has 4 rings (SSSR count). The van der Waals surface area contributed by atoms with Crippen LogP contribution in [0.25, 0.3) is 17.0 Å². The van der Waals surface area contributed by atoms with Gasteiger partial charge in [0.15, 0.2) is 0 Å². The van der Waals surface area contributed by atoms with Crippen LogP contribution in [0.3, 0.4) is 0 Å². The number of fused-ring (bicyclic) bond motifs is 1. The molecule has 0 radical (unpaired) electrons. The van der Waals surface area contributed by atoms with Crippen LogP contribution < -0.4 is 0 Å². The van der Waals surface area contributed by atoms with Gasteiger partial charge in [0, 0.05) is 42.4 Å². The van der Waals surface area contributed by atoms with Crippen LogP contribution in [0.2, 0.25) is 0 Å². The van der Waals surface area contributed by atoms with E-state index in [2.05, 4.69) is 11.9 Å². The molecule has 1 saturated heterocycles. The van der Waals surface area contributed by atoms with Gasteiger partial charge in [0.25, 0.3) is 0 Å². The standard InChI is InChI=1S/C22H22N2O2/c1-2-20-18(17-6-3-4-8-21(17)26-20)9-10-22(25)24-15-5-7-19(24)16-11-13-23-14-12-16/h3-4,6,8-14,19H,2,5,7,15H2,1H3/b10-9+. The van der Waals surface area contributed by atoms with Crippen molar-refractivity contribution in [1.82, 2.24) is 9.88 Å². The Hall–Kier alpha value is -2.88. The molecule has 1 aliphatic heterocycles. The van der Waals surface area contributed by atoms with Crippen molar-refractivity contribution in [2.75, 3.05) is 6.54 Å². The molecule has 132 valence electrons. The highest BCUT2D eigenvalue weighted by atomic mass is 16.3. The predicted molar refractivity (Wildman–Crippen MR) is 103 cm³/mol. The van der Waals surface area contributed by atoms with Gasteiger partial charge in [0.05, 0.1) is 6.04 Å². The molecule has 0 saturated carbocycles. The molecule has 1 unspecified atom stereocenters. The Kier molecular flexibility index (Phi) is 4.57. The van der Waals surface area contributed by atoms with Gasteiger partial charge in [-0.2, -0.15) is 0 Å². The SMILES string of the molecule is CCc1oc2ccccc2c1/C=C/C(=O)N1CCCC1c1ccncc1. The number of para-hydroxylation sites is 1. The quantitative estimate of drug-likeness (QED) is 0.640. The summed E-state index contributed by atoms with van der Waals surface area (Å²) in [5.41, 5.74) is 3.03. The third-order valence-corrected chi connectivity index (χ3v) is 5.05. The fourth-order valence-electron chi connectivity index (χ4n) is 3.77. The Morgan fingerprint density at radius 1 is 1.27 bits per heavy atom. The van der Waals surface area contributed by atoms with Crippen LogP contribution in [-0.2, 0) is 11.2 Å². The number of furan rings is 1. The van der Waals surface area contributed by atoms with Crippen molar-refractivity contribution >= 4 is 23.0 Å². The highest BCUT2D eigenvalue weighted by Gasteiger charge is 2.28. The van der Waals surface area contributed by atoms with E-state index >= 15 is 0 Å². The zero-order valence-electron chi connectivity index (χ0n) is 14.9. The van der Waals surface area contributed by atoms with Crippen molar-refractivity contribution in [3.63, 3.8) is 0 Å². The summed E-state index contributed by atoms with van der Waals surface area (Å²) in [5.74, 6) is 0.971. The monoisotopic (exact) mass is 346 g/mol. The second-order valence-electron chi connectivity index (χ2n) is 6.59. The Bertz CT molecular complexity index is 943. The molecule has 0 N–H and O–H groups in total. The van der Waals surface area contributed by atoms with E-state index in [9.17, 15) is 4.79 Å². The van der Waals surface area contributed by atoms with Crippen molar-refractivity contribution in [3.05, 3.63) is 71.8 Å². The van der Waals surface area contributed by atoms with Crippen LogP contribution in [0.15, 0.2) is 59.3 Å². The van der Waals surface area contributed by atoms with E-state index in [0.29, 0.717) is 0 Å². The van der Waals surface area contributed by atoms with Crippen LogP contribution in [0.4, 0.5) is 0 Å². The Morgan fingerprint density at radius 2 is 2.08 bits per heavy atom. The fraction of sp³-hybridized carbons (Fsp3) is 0.273. The minimum atomic E-state index is 0.0525. The number of carbonyl (C=O) groups is 1. The number of aryl methyl sites for hydroxylation is 1. The first-order valence-electron chi connectivity index (χ1n) is 9.17. The van der Waals surface area contributed by atoms with Crippen molar-refractivity contribution in [3.8, 4) is 0 Å². The number of carbonyl (C=O) groups excluding carboxylic acids is 1. The molecule has 26 heavy (non-hydrogen) atoms. The number of hydrogen-bond donors (Lipinski definition) is 0. The maximum absolute atomic E-state index is 12.9. The molecule has 0 bridgehead atoms. The first-order chi connectivity index (χ1) is 12.8. The van der Waals surface area contributed by atoms with E-state index < -0.39 is 0 Å². The summed E-state index contributed by atoms with van der Waals surface area (Å²) in [5, 5.41) is 1.06. The maximum atomic E-state index is 12.9. The summed E-state index contributed by atoms with van der Waals surface area (Å²) in [6.45, 7) is 2.86. The van der Waals surface area contributed by atoms with Crippen molar-refractivity contribution in [1.29, 1.82) is 0 Å². The lowest BCUT2D eigenvalue weighted by molar-refractivity contribution is -0.126. The van der Waals surface area contributed by atoms with Gasteiger partial charge in [-0.05, 0) is 42.7 Å². The molecule has 3 aromatic rings. The lowest BCUT2D eigenvalue weighted by atomic mass is 10.1. The molecule has 4 nitrogen and oxygen atoms in total. The van der Waals surface area contributed by atoms with Crippen molar-refractivity contribution in [2.24, 2.45) is 0 Å². The van der Waals surface area contributed by atoms with Gasteiger partial charge in [0.2, 0.25) is 5.91 Å². The summed E-state index contributed by atoms with van der Waals surface area (Å²) in [4.78, 5) is 18.9. The first kappa shape index (κ1) is 16.6. The van der Waals surface area contributed by atoms with Crippen molar-refractivity contribution in [2.45, 2.75) is 32.2 Å². The summed E-state index contributed by atoms with van der Waals surface area (Å²) < 4.78 is 5.91. The van der Waals surface area contributed by atoms with Gasteiger partial charge >= 0.3 is 0 Å². The van der Waals surface area contributed by atoms with Crippen molar-refractivity contribution < 1.29 is 9.21 Å². The maximum Gasteiger partial charge on any atom is 0.247 e. The summed E-state index contributed by atoms with van der Waals surface area (Å²) in [6.07, 6.45) is 10.0. The van der Waals surface area contributed by atoms with Gasteiger partial charge in [-0.15, -0.1) is 0 Å². The minimum absolute atomic E-state index is 0.0525. The largest absolute Gasteiger partial charge is 0.460 e. The molecule has 1 aromatic carbocycles. The molecular formula is C22H22N2O2. The molecule has 0 aliphatic carbocycles. The lowest BCUT2D eigenvalue weighted by Gasteiger charge is -2.23. The van der Waals surface area contributed by atoms with E-state index in [1.807, 2.05) is 47.4 Å². The highest BCUT2D eigenvalue weighted by molar-refractivity contribution is 5.96. The lowest BCUT2D eigenvalue weighted by Crippen LogP contribution is -2.28. The molecule has 1 aliphatic rings. The Morgan fingerprint density at radius 3 is 2.88 bits per heavy atom. The van der Waals surface area contributed by atoms with Crippen LogP contribution in [-0.4, -0.2) is 22.3 Å². The van der Waals surface area contributed by atoms with E-state index in [0.717, 1.165) is 53.7 Å². The Labute approximate surface area is 153 Å². The fourth-order valence-corrected chi connectivity index (χ4v) is 3.77. The number of aromatic nitrogens is 1. The predicted octanol–water partition coefficient (Wildman–Crippen LogP) is 4.77. The topological polar surface area (TPSA) is 46.3 Å². The number of rotatable bonds is 4. The average Bonchev–Trinajstić information content (AvgIpc) is 3.31. The molecule has 1 fully saturated rings. The summed E-state index contributed by atoms with van der Waals surface area (Å²) >= 11 is 0. The van der Waals surface area contributed by atoms with Crippen LogP contribution in [0.1, 0.15) is 42.7 Å².